The fourth-order valence-corrected chi connectivity index (χ4v) is 4.97. The van der Waals surface area contributed by atoms with Gasteiger partial charge in [-0.3, -0.25) is 9.69 Å². The van der Waals surface area contributed by atoms with Crippen LogP contribution >= 0.6 is 11.3 Å². The van der Waals surface area contributed by atoms with E-state index in [0.717, 1.165) is 12.8 Å². The number of rotatable bonds is 3. The highest BCUT2D eigenvalue weighted by Gasteiger charge is 2.34. The van der Waals surface area contributed by atoms with Crippen LogP contribution in [0, 0.1) is 5.82 Å². The van der Waals surface area contributed by atoms with Crippen molar-refractivity contribution >= 4 is 27.6 Å². The molecule has 2 aromatic carbocycles. The number of thiazole rings is 1. The van der Waals surface area contributed by atoms with Gasteiger partial charge in [0.25, 0.3) is 5.56 Å². The molecule has 1 aliphatic rings. The number of carbonyl (C=O) groups excluding carboxylic acids is 1. The van der Waals surface area contributed by atoms with E-state index in [1.807, 2.05) is 6.07 Å². The maximum atomic E-state index is 14.2. The zero-order valence-electron chi connectivity index (χ0n) is 16.4. The van der Waals surface area contributed by atoms with Crippen LogP contribution in [-0.2, 0) is 0 Å². The second-order valence-electron chi connectivity index (χ2n) is 7.29. The van der Waals surface area contributed by atoms with Crippen molar-refractivity contribution in [2.24, 2.45) is 0 Å². The molecule has 0 aliphatic carbocycles. The Bertz CT molecular complexity index is 1320. The molecular formula is C23H18FN3O3S. The lowest BCUT2D eigenvalue weighted by Crippen LogP contribution is -2.33. The Kier molecular flexibility index (Phi) is 4.99. The van der Waals surface area contributed by atoms with Crippen molar-refractivity contribution < 1.29 is 13.9 Å². The molecule has 0 spiro atoms. The topological polar surface area (TPSA) is 75.3 Å². The quantitative estimate of drug-likeness (QED) is 0.484. The summed E-state index contributed by atoms with van der Waals surface area (Å²) < 4.78 is 20.3. The van der Waals surface area contributed by atoms with Crippen LogP contribution in [0.5, 0.6) is 5.75 Å². The molecule has 0 bridgehead atoms. The number of aromatic nitrogens is 2. The van der Waals surface area contributed by atoms with E-state index in [1.54, 1.807) is 53.4 Å². The first-order chi connectivity index (χ1) is 15.1. The summed E-state index contributed by atoms with van der Waals surface area (Å²) in [5.74, 6) is 0.0706. The summed E-state index contributed by atoms with van der Waals surface area (Å²) in [7, 11) is 0. The summed E-state index contributed by atoms with van der Waals surface area (Å²) in [6, 6.07) is 16.7. The minimum atomic E-state index is -0.436. The zero-order valence-corrected chi connectivity index (χ0v) is 17.2. The van der Waals surface area contributed by atoms with Crippen molar-refractivity contribution in [1.82, 2.24) is 14.9 Å². The number of nitrogens with one attached hydrogen (secondary N) is 1. The fourth-order valence-electron chi connectivity index (χ4n) is 3.82. The molecule has 4 aromatic rings. The van der Waals surface area contributed by atoms with E-state index in [2.05, 4.69) is 9.97 Å². The first-order valence-corrected chi connectivity index (χ1v) is 10.7. The number of amides is 1. The van der Waals surface area contributed by atoms with Gasteiger partial charge in [-0.15, -0.1) is 11.3 Å². The normalized spacial score (nSPS) is 16.0. The van der Waals surface area contributed by atoms with Gasteiger partial charge in [0.15, 0.2) is 0 Å². The highest BCUT2D eigenvalue weighted by Crippen LogP contribution is 2.37. The van der Waals surface area contributed by atoms with Gasteiger partial charge in [0.2, 0.25) is 0 Å². The molecule has 5 rings (SSSR count). The van der Waals surface area contributed by atoms with E-state index >= 15 is 0 Å². The molecule has 1 atom stereocenters. The molecule has 31 heavy (non-hydrogen) atoms. The molecule has 1 saturated heterocycles. The molecule has 1 amide bonds. The predicted octanol–water partition coefficient (Wildman–Crippen LogP) is 5.13. The number of aromatic amines is 1. The molecule has 0 unspecified atom stereocenters. The maximum Gasteiger partial charge on any atom is 0.415 e. The molecule has 1 N–H and O–H groups in total. The van der Waals surface area contributed by atoms with Crippen LogP contribution in [0.4, 0.5) is 9.18 Å². The summed E-state index contributed by atoms with van der Waals surface area (Å²) in [6.45, 7) is 0.559. The van der Waals surface area contributed by atoms with Gasteiger partial charge in [0.05, 0.1) is 16.4 Å². The third kappa shape index (κ3) is 3.70. The van der Waals surface area contributed by atoms with E-state index in [9.17, 15) is 14.0 Å². The highest BCUT2D eigenvalue weighted by molar-refractivity contribution is 7.18. The average Bonchev–Trinajstić information content (AvgIpc) is 3.42. The van der Waals surface area contributed by atoms with Crippen LogP contribution in [0.2, 0.25) is 0 Å². The number of halogens is 1. The minimum Gasteiger partial charge on any atom is -0.410 e. The Morgan fingerprint density at radius 3 is 2.74 bits per heavy atom. The van der Waals surface area contributed by atoms with Gasteiger partial charge < -0.3 is 9.72 Å². The second-order valence-corrected chi connectivity index (χ2v) is 8.35. The van der Waals surface area contributed by atoms with Crippen LogP contribution in [0.15, 0.2) is 65.5 Å². The van der Waals surface area contributed by atoms with Crippen LogP contribution in [0.25, 0.3) is 21.5 Å². The number of benzene rings is 2. The largest absolute Gasteiger partial charge is 0.415 e. The van der Waals surface area contributed by atoms with Crippen molar-refractivity contribution in [1.29, 1.82) is 0 Å². The summed E-state index contributed by atoms with van der Waals surface area (Å²) in [5, 5.41) is 0.675. The standard InChI is InChI=1S/C23H18FN3O3S/c24-16-10-5-4-9-15(16)17-13-19-20(21(28)25-17)26-22(31-19)18-11-6-12-27(18)23(29)30-14-7-2-1-3-8-14/h1-5,7-10,13,18H,6,11-12H2,(H,25,28)/t18-/m1/s1. The number of hydrogen-bond donors (Lipinski definition) is 1. The SMILES string of the molecule is O=C(Oc1ccccc1)N1CCC[C@@H]1c1nc2c(=O)[nH]c(-c3ccccc3F)cc2s1. The average molecular weight is 435 g/mol. The lowest BCUT2D eigenvalue weighted by Gasteiger charge is -2.22. The Labute approximate surface area is 180 Å². The molecule has 1 aliphatic heterocycles. The van der Waals surface area contributed by atoms with Crippen molar-refractivity contribution in [3.63, 3.8) is 0 Å². The van der Waals surface area contributed by atoms with Crippen LogP contribution in [-0.4, -0.2) is 27.5 Å². The monoisotopic (exact) mass is 435 g/mol. The number of nitrogens with zero attached hydrogens (tertiary/aromatic N) is 2. The van der Waals surface area contributed by atoms with Gasteiger partial charge in [0.1, 0.15) is 22.1 Å². The van der Waals surface area contributed by atoms with Crippen molar-refractivity contribution in [3.8, 4) is 17.0 Å². The lowest BCUT2D eigenvalue weighted by atomic mass is 10.1. The van der Waals surface area contributed by atoms with E-state index in [0.29, 0.717) is 38.8 Å². The molecule has 1 fully saturated rings. The van der Waals surface area contributed by atoms with E-state index in [1.165, 1.54) is 17.4 Å². The number of para-hydroxylation sites is 1. The summed E-state index contributed by atoms with van der Waals surface area (Å²) in [6.07, 6.45) is 1.12. The number of fused-ring (bicyclic) bond motifs is 1. The molecule has 3 heterocycles. The van der Waals surface area contributed by atoms with Crippen molar-refractivity contribution in [2.45, 2.75) is 18.9 Å². The molecule has 0 saturated carbocycles. The summed E-state index contributed by atoms with van der Waals surface area (Å²) in [5.41, 5.74) is 0.640. The van der Waals surface area contributed by atoms with Crippen LogP contribution in [0.3, 0.4) is 0 Å². The number of likely N-dealkylation sites (tertiary alicyclic amines) is 1. The maximum absolute atomic E-state index is 14.2. The fraction of sp³-hybridized carbons (Fsp3) is 0.174. The molecular weight excluding hydrogens is 417 g/mol. The summed E-state index contributed by atoms with van der Waals surface area (Å²) >= 11 is 1.35. The Morgan fingerprint density at radius 1 is 1.16 bits per heavy atom. The second kappa shape index (κ2) is 7.96. The molecule has 8 heteroatoms. The van der Waals surface area contributed by atoms with Gasteiger partial charge in [0, 0.05) is 12.1 Å². The number of pyridine rings is 1. The van der Waals surface area contributed by atoms with Crippen molar-refractivity contribution in [3.05, 3.63) is 81.8 Å². The minimum absolute atomic E-state index is 0.259. The van der Waals surface area contributed by atoms with Gasteiger partial charge in [-0.25, -0.2) is 14.2 Å². The third-order valence-electron chi connectivity index (χ3n) is 5.29. The highest BCUT2D eigenvalue weighted by atomic mass is 32.1. The Hall–Kier alpha value is -3.52. The van der Waals surface area contributed by atoms with E-state index in [-0.39, 0.29) is 11.6 Å². The Morgan fingerprint density at radius 2 is 1.94 bits per heavy atom. The molecule has 6 nitrogen and oxygen atoms in total. The van der Waals surface area contributed by atoms with Crippen LogP contribution < -0.4 is 10.3 Å². The first-order valence-electron chi connectivity index (χ1n) is 9.92. The smallest absolute Gasteiger partial charge is 0.410 e. The predicted molar refractivity (Wildman–Crippen MR) is 117 cm³/mol. The molecule has 2 aromatic heterocycles. The molecule has 156 valence electrons. The number of carbonyl (C=O) groups is 1. The summed E-state index contributed by atoms with van der Waals surface area (Å²) in [4.78, 5) is 34.3. The number of ether oxygens (including phenoxy) is 1. The third-order valence-corrected chi connectivity index (χ3v) is 6.40. The van der Waals surface area contributed by atoms with Gasteiger partial charge in [-0.1, -0.05) is 30.3 Å². The van der Waals surface area contributed by atoms with Crippen molar-refractivity contribution in [2.75, 3.05) is 6.54 Å². The zero-order chi connectivity index (χ0) is 21.4. The Balaban J connectivity index is 1.47. The van der Waals surface area contributed by atoms with Gasteiger partial charge in [-0.2, -0.15) is 0 Å². The van der Waals surface area contributed by atoms with E-state index in [4.69, 9.17) is 4.74 Å². The number of H-pyrrole nitrogens is 1. The lowest BCUT2D eigenvalue weighted by molar-refractivity contribution is 0.147. The van der Waals surface area contributed by atoms with E-state index < -0.39 is 11.9 Å². The van der Waals surface area contributed by atoms with Gasteiger partial charge >= 0.3 is 6.09 Å². The number of hydrogen-bond acceptors (Lipinski definition) is 5. The first kappa shape index (κ1) is 19.4. The van der Waals surface area contributed by atoms with Crippen LogP contribution in [0.1, 0.15) is 23.9 Å². The van der Waals surface area contributed by atoms with Gasteiger partial charge in [-0.05, 0) is 43.2 Å². The molecule has 0 radical (unpaired) electrons.